The van der Waals surface area contributed by atoms with Gasteiger partial charge in [0, 0.05) is 6.92 Å². The van der Waals surface area contributed by atoms with E-state index in [4.69, 9.17) is 15.0 Å². The summed E-state index contributed by atoms with van der Waals surface area (Å²) in [4.78, 5) is 11.3. The number of ether oxygens (including phenoxy) is 1. The minimum Gasteiger partial charge on any atom is -0.388 e. The molecule has 0 aliphatic carbocycles. The molecule has 5 atom stereocenters. The lowest BCUT2D eigenvalue weighted by Gasteiger charge is -2.44. The van der Waals surface area contributed by atoms with E-state index in [-0.39, 0.29) is 0 Å². The van der Waals surface area contributed by atoms with Crippen LogP contribution in [-0.2, 0) is 24.1 Å². The van der Waals surface area contributed by atoms with Crippen LogP contribution in [0.25, 0.3) is 0 Å². The summed E-state index contributed by atoms with van der Waals surface area (Å²) in [5, 5.41) is 29.1. The molecule has 1 aliphatic rings. The van der Waals surface area contributed by atoms with E-state index in [0.29, 0.717) is 0 Å². The number of ketones is 1. The summed E-state index contributed by atoms with van der Waals surface area (Å²) in [7, 11) is -4.81. The summed E-state index contributed by atoms with van der Waals surface area (Å²) < 4.78 is 38.0. The Morgan fingerprint density at radius 1 is 1.42 bits per heavy atom. The van der Waals surface area contributed by atoms with Gasteiger partial charge in [-0.3, -0.25) is 9.35 Å². The zero-order valence-electron chi connectivity index (χ0n) is 9.83. The van der Waals surface area contributed by atoms with Crippen LogP contribution in [0.4, 0.5) is 0 Å². The van der Waals surface area contributed by atoms with Crippen LogP contribution in [0.15, 0.2) is 0 Å². The van der Waals surface area contributed by atoms with Gasteiger partial charge in [-0.05, 0) is 0 Å². The molecule has 11 heteroatoms. The van der Waals surface area contributed by atoms with Gasteiger partial charge >= 0.3 is 10.4 Å². The summed E-state index contributed by atoms with van der Waals surface area (Å²) in [5.41, 5.74) is 5.38. The lowest BCUT2D eigenvalue weighted by Crippen LogP contribution is -2.70. The minimum atomic E-state index is -4.81. The number of carbonyl (C=O) groups excluding carboxylic acids is 1. The summed E-state index contributed by atoms with van der Waals surface area (Å²) in [5.74, 6) is -3.53. The molecule has 1 heterocycles. The number of rotatable bonds is 4. The standard InChI is InChI=1S/C8H15NO9S/c1-3(10)8(13)7(9)6(12)5(11)4(18-8)2-17-19(14,15)16/h4-7,11-13H,2,9H2,1H3,(H,14,15,16)/t4-,5+,6+,7-,8?/m1/s1. The predicted molar refractivity (Wildman–Crippen MR) is 58.0 cm³/mol. The lowest BCUT2D eigenvalue weighted by molar-refractivity contribution is -0.295. The molecule has 0 bridgehead atoms. The summed E-state index contributed by atoms with van der Waals surface area (Å²) in [6.45, 7) is 0.0182. The highest BCUT2D eigenvalue weighted by Gasteiger charge is 2.54. The maximum absolute atomic E-state index is 11.3. The summed E-state index contributed by atoms with van der Waals surface area (Å²) in [6.07, 6.45) is -5.04. The van der Waals surface area contributed by atoms with Crippen LogP contribution in [0.5, 0.6) is 0 Å². The maximum Gasteiger partial charge on any atom is 0.397 e. The Morgan fingerprint density at radius 2 is 1.95 bits per heavy atom. The number of Topliss-reactive ketones (excluding diaryl/α,β-unsaturated/α-hetero) is 1. The van der Waals surface area contributed by atoms with Gasteiger partial charge in [0.2, 0.25) is 5.79 Å². The molecule has 0 amide bonds. The van der Waals surface area contributed by atoms with E-state index in [2.05, 4.69) is 4.18 Å². The molecule has 0 aromatic carbocycles. The summed E-state index contributed by atoms with van der Waals surface area (Å²) in [6, 6.07) is -1.62. The molecule has 0 radical (unpaired) electrons. The van der Waals surface area contributed by atoms with Crippen molar-refractivity contribution < 1.29 is 42.0 Å². The molecule has 0 aromatic heterocycles. The van der Waals surface area contributed by atoms with E-state index >= 15 is 0 Å². The number of carbonyl (C=O) groups is 1. The van der Waals surface area contributed by atoms with Crippen LogP contribution in [0, 0.1) is 0 Å². The molecule has 19 heavy (non-hydrogen) atoms. The molecule has 1 fully saturated rings. The summed E-state index contributed by atoms with van der Waals surface area (Å²) >= 11 is 0. The van der Waals surface area contributed by atoms with Gasteiger partial charge in [-0.1, -0.05) is 0 Å². The van der Waals surface area contributed by atoms with Crippen molar-refractivity contribution >= 4 is 16.2 Å². The Balaban J connectivity index is 2.91. The second kappa shape index (κ2) is 5.38. The van der Waals surface area contributed by atoms with Gasteiger partial charge in [0.1, 0.15) is 18.3 Å². The fourth-order valence-corrected chi connectivity index (χ4v) is 1.95. The molecular weight excluding hydrogens is 286 g/mol. The van der Waals surface area contributed by atoms with Crippen molar-refractivity contribution in [3.63, 3.8) is 0 Å². The molecule has 1 saturated heterocycles. The maximum atomic E-state index is 11.3. The first-order chi connectivity index (χ1) is 8.49. The average Bonchev–Trinajstić information content (AvgIpc) is 2.28. The zero-order valence-corrected chi connectivity index (χ0v) is 10.6. The Bertz CT molecular complexity index is 451. The third-order valence-electron chi connectivity index (χ3n) is 2.77. The van der Waals surface area contributed by atoms with Gasteiger partial charge in [0.05, 0.1) is 12.6 Å². The highest BCUT2D eigenvalue weighted by Crippen LogP contribution is 2.28. The van der Waals surface area contributed by atoms with Crippen LogP contribution in [-0.4, -0.2) is 70.8 Å². The van der Waals surface area contributed by atoms with E-state index in [1.165, 1.54) is 0 Å². The van der Waals surface area contributed by atoms with Gasteiger partial charge in [0.25, 0.3) is 0 Å². The first-order valence-electron chi connectivity index (χ1n) is 5.14. The lowest BCUT2D eigenvalue weighted by atomic mass is 9.89. The number of aliphatic hydroxyl groups is 3. The van der Waals surface area contributed by atoms with Gasteiger partial charge in [0.15, 0.2) is 5.78 Å². The smallest absolute Gasteiger partial charge is 0.388 e. The predicted octanol–water partition coefficient (Wildman–Crippen LogP) is -3.47. The molecule has 112 valence electrons. The quantitative estimate of drug-likeness (QED) is 0.328. The molecule has 10 nitrogen and oxygen atoms in total. The first-order valence-corrected chi connectivity index (χ1v) is 6.50. The number of nitrogens with two attached hydrogens (primary N) is 1. The van der Waals surface area contributed by atoms with E-state index < -0.39 is 52.9 Å². The van der Waals surface area contributed by atoms with Crippen LogP contribution >= 0.6 is 0 Å². The van der Waals surface area contributed by atoms with E-state index in [1.54, 1.807) is 0 Å². The Labute approximate surface area is 108 Å². The molecule has 0 spiro atoms. The fourth-order valence-electron chi connectivity index (χ4n) is 1.65. The van der Waals surface area contributed by atoms with E-state index in [0.717, 1.165) is 6.92 Å². The van der Waals surface area contributed by atoms with Crippen LogP contribution < -0.4 is 5.73 Å². The number of hydrogen-bond acceptors (Lipinski definition) is 9. The van der Waals surface area contributed by atoms with Crippen LogP contribution in [0.3, 0.4) is 0 Å². The average molecular weight is 301 g/mol. The third kappa shape index (κ3) is 3.46. The molecular formula is C8H15NO9S. The fraction of sp³-hybridized carbons (Fsp3) is 0.875. The van der Waals surface area contributed by atoms with Gasteiger partial charge in [-0.15, -0.1) is 0 Å². The first kappa shape index (κ1) is 16.4. The third-order valence-corrected chi connectivity index (χ3v) is 3.20. The zero-order chi connectivity index (χ0) is 15.0. The van der Waals surface area contributed by atoms with Crippen molar-refractivity contribution in [3.05, 3.63) is 0 Å². The van der Waals surface area contributed by atoms with Crippen LogP contribution in [0.1, 0.15) is 6.92 Å². The number of aliphatic hydroxyl groups excluding tert-OH is 2. The molecule has 1 aliphatic heterocycles. The second-order valence-electron chi connectivity index (χ2n) is 4.13. The van der Waals surface area contributed by atoms with E-state index in [1.807, 2.05) is 0 Å². The highest BCUT2D eigenvalue weighted by atomic mass is 32.3. The normalized spacial score (nSPS) is 40.1. The Hall–Kier alpha value is -0.660. The molecule has 1 unspecified atom stereocenters. The van der Waals surface area contributed by atoms with Gasteiger partial charge in [-0.2, -0.15) is 8.42 Å². The van der Waals surface area contributed by atoms with E-state index in [9.17, 15) is 28.5 Å². The minimum absolute atomic E-state index is 0.917. The van der Waals surface area contributed by atoms with Crippen LogP contribution in [0.2, 0.25) is 0 Å². The van der Waals surface area contributed by atoms with Crippen molar-refractivity contribution in [2.24, 2.45) is 5.73 Å². The Morgan fingerprint density at radius 3 is 2.37 bits per heavy atom. The van der Waals surface area contributed by atoms with Gasteiger partial charge in [-0.25, -0.2) is 4.18 Å². The SMILES string of the molecule is CC(=O)C1(O)O[C@H](COS(=O)(=O)O)[C@H](O)[C@H](O)[C@H]1N. The second-order valence-corrected chi connectivity index (χ2v) is 5.22. The molecule has 0 aromatic rings. The van der Waals surface area contributed by atoms with Gasteiger partial charge < -0.3 is 25.8 Å². The highest BCUT2D eigenvalue weighted by molar-refractivity contribution is 7.80. The molecule has 1 rings (SSSR count). The van der Waals surface area contributed by atoms with Crippen molar-refractivity contribution in [1.82, 2.24) is 0 Å². The monoisotopic (exact) mass is 301 g/mol. The largest absolute Gasteiger partial charge is 0.397 e. The molecule has 0 saturated carbocycles. The Kier molecular flexibility index (Phi) is 4.64. The molecule has 6 N–H and O–H groups in total. The van der Waals surface area contributed by atoms with Crippen molar-refractivity contribution in [3.8, 4) is 0 Å². The van der Waals surface area contributed by atoms with Crippen molar-refractivity contribution in [1.29, 1.82) is 0 Å². The number of hydrogen-bond donors (Lipinski definition) is 5. The topological polar surface area (TPSA) is 177 Å². The van der Waals surface area contributed by atoms with Crippen molar-refractivity contribution in [2.75, 3.05) is 6.61 Å². The van der Waals surface area contributed by atoms with Crippen molar-refractivity contribution in [2.45, 2.75) is 37.1 Å².